The van der Waals surface area contributed by atoms with Gasteiger partial charge in [-0.05, 0) is 6.42 Å². The maximum atomic E-state index is 10.6. The van der Waals surface area contributed by atoms with Crippen LogP contribution in [0.4, 0.5) is 4.79 Å². The third-order valence-electron chi connectivity index (χ3n) is 1.29. The Morgan fingerprint density at radius 3 is 2.08 bits per heavy atom. The van der Waals surface area contributed by atoms with Gasteiger partial charge in [0, 0.05) is 6.54 Å². The molecule has 7 heteroatoms. The smallest absolute Gasteiger partial charge is 0.321 e. The molecule has 0 aromatic rings. The highest BCUT2D eigenvalue weighted by atomic mass is 35.5. The Balaban J connectivity index is -0.000000500. The average Bonchev–Trinajstić information content (AvgIpc) is 1.87. The summed E-state index contributed by atoms with van der Waals surface area (Å²) in [5.41, 5.74) is 10.0. The normalized spacial score (nSPS) is 7.77. The monoisotopic (exact) mass is 230 g/mol. The summed E-state index contributed by atoms with van der Waals surface area (Å²) in [6.45, 7) is 2.42. The van der Waals surface area contributed by atoms with Gasteiger partial charge in [0.1, 0.15) is 0 Å². The summed E-state index contributed by atoms with van der Waals surface area (Å²) < 4.78 is 0. The number of hydrogen-bond acceptors (Lipinski definition) is 2. The van der Waals surface area contributed by atoms with Gasteiger partial charge >= 0.3 is 6.03 Å². The van der Waals surface area contributed by atoms with Gasteiger partial charge in [-0.15, -0.1) is 24.8 Å². The van der Waals surface area contributed by atoms with Crippen LogP contribution in [-0.2, 0) is 0 Å². The number of carbonyl (C=O) groups excluding carboxylic acids is 1. The molecular weight excluding hydrogens is 215 g/mol. The number of guanidine groups is 1. The molecule has 0 saturated heterocycles. The van der Waals surface area contributed by atoms with E-state index in [9.17, 15) is 4.79 Å². The lowest BCUT2D eigenvalue weighted by molar-refractivity contribution is 0.229. The molecule has 0 bridgehead atoms. The molecule has 0 spiro atoms. The Morgan fingerprint density at radius 2 is 1.85 bits per heavy atom. The van der Waals surface area contributed by atoms with Crippen molar-refractivity contribution in [2.45, 2.75) is 19.8 Å². The van der Waals surface area contributed by atoms with E-state index in [1.807, 2.05) is 6.92 Å². The first kappa shape index (κ1) is 18.2. The van der Waals surface area contributed by atoms with Crippen LogP contribution >= 0.6 is 24.8 Å². The van der Waals surface area contributed by atoms with Crippen molar-refractivity contribution in [2.24, 2.45) is 11.5 Å². The van der Waals surface area contributed by atoms with Crippen LogP contribution in [0.2, 0.25) is 0 Å². The van der Waals surface area contributed by atoms with Gasteiger partial charge in [-0.1, -0.05) is 13.3 Å². The number of nitrogens with one attached hydrogen (secondary N) is 1. The van der Waals surface area contributed by atoms with Gasteiger partial charge in [-0.3, -0.25) is 10.3 Å². The number of halogens is 2. The van der Waals surface area contributed by atoms with Gasteiger partial charge in [0.15, 0.2) is 5.96 Å². The fraction of sp³-hybridized carbons (Fsp3) is 0.667. The second-order valence-electron chi connectivity index (χ2n) is 2.23. The minimum Gasteiger partial charge on any atom is -0.370 e. The molecule has 0 rings (SSSR count). The summed E-state index contributed by atoms with van der Waals surface area (Å²) in [6.07, 6.45) is 1.75. The van der Waals surface area contributed by atoms with Crippen molar-refractivity contribution in [1.29, 1.82) is 5.41 Å². The topological polar surface area (TPSA) is 96.2 Å². The lowest BCUT2D eigenvalue weighted by Crippen LogP contribution is -2.44. The van der Waals surface area contributed by atoms with Crippen LogP contribution in [0.1, 0.15) is 19.8 Å². The summed E-state index contributed by atoms with van der Waals surface area (Å²) in [5, 5.41) is 6.96. The molecule has 0 aliphatic heterocycles. The van der Waals surface area contributed by atoms with Gasteiger partial charge < -0.3 is 11.5 Å². The average molecular weight is 231 g/mol. The number of amides is 2. The van der Waals surface area contributed by atoms with Gasteiger partial charge in [-0.2, -0.15) is 0 Å². The van der Waals surface area contributed by atoms with Crippen molar-refractivity contribution in [2.75, 3.05) is 6.54 Å². The maximum Gasteiger partial charge on any atom is 0.321 e. The fourth-order valence-corrected chi connectivity index (χ4v) is 0.666. The highest BCUT2D eigenvalue weighted by Gasteiger charge is 2.10. The molecule has 0 atom stereocenters. The van der Waals surface area contributed by atoms with Crippen molar-refractivity contribution in [1.82, 2.24) is 4.90 Å². The van der Waals surface area contributed by atoms with Crippen molar-refractivity contribution in [3.05, 3.63) is 0 Å². The molecule has 0 aliphatic carbocycles. The molecule has 0 aromatic carbocycles. The SMILES string of the molecule is CCCCN(C(=N)N)C(N)=O.Cl.Cl. The van der Waals surface area contributed by atoms with E-state index in [1.54, 1.807) is 0 Å². The van der Waals surface area contributed by atoms with Crippen molar-refractivity contribution in [3.8, 4) is 0 Å². The van der Waals surface area contributed by atoms with E-state index >= 15 is 0 Å². The van der Waals surface area contributed by atoms with Gasteiger partial charge in [-0.25, -0.2) is 4.79 Å². The van der Waals surface area contributed by atoms with E-state index in [0.29, 0.717) is 6.54 Å². The van der Waals surface area contributed by atoms with Crippen molar-refractivity contribution >= 4 is 36.8 Å². The molecule has 0 unspecified atom stereocenters. The largest absolute Gasteiger partial charge is 0.370 e. The highest BCUT2D eigenvalue weighted by Crippen LogP contribution is 1.92. The molecule has 0 fully saturated rings. The summed E-state index contributed by atoms with van der Waals surface area (Å²) in [6, 6.07) is -0.661. The maximum absolute atomic E-state index is 10.6. The number of nitrogens with zero attached hydrogens (tertiary/aromatic N) is 1. The standard InChI is InChI=1S/C6H14N4O.2ClH/c1-2-3-4-10(5(7)8)6(9)11;;/h2-4H2,1H3,(H3,7,8)(H2,9,11);2*1H. The second kappa shape index (κ2) is 9.41. The third-order valence-corrected chi connectivity index (χ3v) is 1.29. The minimum absolute atomic E-state index is 0. The molecule has 0 radical (unpaired) electrons. The van der Waals surface area contributed by atoms with Crippen LogP contribution < -0.4 is 11.5 Å². The zero-order valence-corrected chi connectivity index (χ0v) is 9.08. The summed E-state index contributed by atoms with van der Waals surface area (Å²) in [7, 11) is 0. The van der Waals surface area contributed by atoms with E-state index in [2.05, 4.69) is 0 Å². The quantitative estimate of drug-likeness (QED) is 0.497. The van der Waals surface area contributed by atoms with E-state index in [4.69, 9.17) is 16.9 Å². The molecule has 13 heavy (non-hydrogen) atoms. The number of primary amides is 1. The Morgan fingerprint density at radius 1 is 1.38 bits per heavy atom. The van der Waals surface area contributed by atoms with Crippen LogP contribution in [0.15, 0.2) is 0 Å². The Bertz CT molecular complexity index is 151. The number of rotatable bonds is 3. The second-order valence-corrected chi connectivity index (χ2v) is 2.23. The van der Waals surface area contributed by atoms with E-state index in [1.165, 1.54) is 0 Å². The van der Waals surface area contributed by atoms with Crippen LogP contribution in [0.3, 0.4) is 0 Å². The minimum atomic E-state index is -0.661. The van der Waals surface area contributed by atoms with Crippen molar-refractivity contribution < 1.29 is 4.79 Å². The van der Waals surface area contributed by atoms with E-state index < -0.39 is 6.03 Å². The van der Waals surface area contributed by atoms with Gasteiger partial charge in [0.2, 0.25) is 0 Å². The van der Waals surface area contributed by atoms with Crippen LogP contribution in [0.5, 0.6) is 0 Å². The number of unbranched alkanes of at least 4 members (excludes halogenated alkanes) is 1. The molecule has 0 heterocycles. The number of nitrogens with two attached hydrogens (primary N) is 2. The first-order valence-corrected chi connectivity index (χ1v) is 3.50. The predicted molar refractivity (Wildman–Crippen MR) is 57.6 cm³/mol. The summed E-state index contributed by atoms with van der Waals surface area (Å²) in [5.74, 6) is -0.286. The zero-order valence-electron chi connectivity index (χ0n) is 7.45. The number of urea groups is 1. The summed E-state index contributed by atoms with van der Waals surface area (Å²) >= 11 is 0. The number of carbonyl (C=O) groups is 1. The third kappa shape index (κ3) is 7.67. The molecule has 0 saturated carbocycles. The Hall–Kier alpha value is -0.680. The number of hydrogen-bond donors (Lipinski definition) is 3. The zero-order chi connectivity index (χ0) is 8.85. The lowest BCUT2D eigenvalue weighted by atomic mass is 10.3. The first-order valence-electron chi connectivity index (χ1n) is 3.50. The molecule has 5 N–H and O–H groups in total. The Kier molecular flexibility index (Phi) is 13.2. The molecule has 80 valence electrons. The molecule has 2 amide bonds. The van der Waals surface area contributed by atoms with Crippen LogP contribution in [0.25, 0.3) is 0 Å². The molecule has 0 aromatic heterocycles. The van der Waals surface area contributed by atoms with E-state index in [-0.39, 0.29) is 30.8 Å². The Labute approximate surface area is 90.2 Å². The van der Waals surface area contributed by atoms with Gasteiger partial charge in [0.05, 0.1) is 0 Å². The fourth-order valence-electron chi connectivity index (χ4n) is 0.666. The predicted octanol–water partition coefficient (Wildman–Crippen LogP) is 0.904. The lowest BCUT2D eigenvalue weighted by Gasteiger charge is -2.16. The van der Waals surface area contributed by atoms with Crippen LogP contribution in [0, 0.1) is 5.41 Å². The summed E-state index contributed by atoms with van der Waals surface area (Å²) in [4.78, 5) is 11.6. The molecular formula is C6H16Cl2N4O. The molecule has 0 aliphatic rings. The van der Waals surface area contributed by atoms with Crippen molar-refractivity contribution in [3.63, 3.8) is 0 Å². The first-order chi connectivity index (χ1) is 5.09. The van der Waals surface area contributed by atoms with Gasteiger partial charge in [0.25, 0.3) is 0 Å². The highest BCUT2D eigenvalue weighted by molar-refractivity contribution is 5.92. The molecule has 5 nitrogen and oxygen atoms in total. The van der Waals surface area contributed by atoms with Crippen LogP contribution in [-0.4, -0.2) is 23.4 Å². The van der Waals surface area contributed by atoms with E-state index in [0.717, 1.165) is 17.7 Å².